The molecule has 0 spiro atoms. The van der Waals surface area contributed by atoms with Gasteiger partial charge in [0.1, 0.15) is 0 Å². The molecule has 1 radical (unpaired) electrons. The Balaban J connectivity index is 0. The third kappa shape index (κ3) is 17.1. The predicted octanol–water partition coefficient (Wildman–Crippen LogP) is 0.255. The summed E-state index contributed by atoms with van der Waals surface area (Å²) in [5.74, 6) is 0.683. The van der Waals surface area contributed by atoms with Crippen LogP contribution in [0.4, 0.5) is 0 Å². The number of aliphatic hydroxyl groups excluding tert-OH is 1. The smallest absolute Gasteiger partial charge is 0.0701 e. The van der Waals surface area contributed by atoms with E-state index in [9.17, 15) is 0 Å². The zero-order valence-electron chi connectivity index (χ0n) is 9.74. The van der Waals surface area contributed by atoms with E-state index in [0.29, 0.717) is 25.7 Å². The topological polar surface area (TPSA) is 50.7 Å². The number of hydrogen-bond donors (Lipinski definition) is 2. The number of aliphatic hydroxyl groups is 1. The van der Waals surface area contributed by atoms with E-state index in [1.54, 1.807) is 0 Å². The average Bonchev–Trinajstić information content (AvgIpc) is 2.15. The Hall–Kier alpha value is 0.424. The van der Waals surface area contributed by atoms with Gasteiger partial charge in [-0.15, -0.1) is 0 Å². The van der Waals surface area contributed by atoms with Crippen molar-refractivity contribution in [1.82, 2.24) is 5.32 Å². The fourth-order valence-electron chi connectivity index (χ4n) is 0.922. The van der Waals surface area contributed by atoms with E-state index in [1.165, 1.54) is 0 Å². The van der Waals surface area contributed by atoms with Gasteiger partial charge in [-0.05, 0) is 12.5 Å². The van der Waals surface area contributed by atoms with Crippen LogP contribution in [0.3, 0.4) is 0 Å². The van der Waals surface area contributed by atoms with Gasteiger partial charge in [0.05, 0.1) is 33.0 Å². The number of rotatable bonds is 10. The van der Waals surface area contributed by atoms with E-state index < -0.39 is 0 Å². The van der Waals surface area contributed by atoms with Crippen LogP contribution in [0.15, 0.2) is 0 Å². The molecule has 91 valence electrons. The minimum absolute atomic E-state index is 0. The van der Waals surface area contributed by atoms with Crippen molar-refractivity contribution in [3.63, 3.8) is 0 Å². The van der Waals surface area contributed by atoms with Crippen LogP contribution in [0.1, 0.15) is 13.8 Å². The van der Waals surface area contributed by atoms with Crippen molar-refractivity contribution in [3.05, 3.63) is 0 Å². The minimum atomic E-state index is 0. The number of hydrogen-bond acceptors (Lipinski definition) is 4. The second kappa shape index (κ2) is 14.4. The molecule has 0 aliphatic carbocycles. The van der Waals surface area contributed by atoms with Gasteiger partial charge in [0, 0.05) is 25.1 Å². The van der Waals surface area contributed by atoms with Gasteiger partial charge >= 0.3 is 0 Å². The van der Waals surface area contributed by atoms with E-state index in [1.807, 2.05) is 0 Å². The summed E-state index contributed by atoms with van der Waals surface area (Å²) in [6.07, 6.45) is 0. The van der Waals surface area contributed by atoms with Crippen molar-refractivity contribution >= 4 is 0 Å². The summed E-state index contributed by atoms with van der Waals surface area (Å²) in [6, 6.07) is 0. The summed E-state index contributed by atoms with van der Waals surface area (Å²) in [6.45, 7) is 8.63. The molecule has 0 aliphatic heterocycles. The molecule has 0 rings (SSSR count). The molecule has 0 aromatic heterocycles. The quantitative estimate of drug-likeness (QED) is 0.550. The summed E-state index contributed by atoms with van der Waals surface area (Å²) in [5, 5.41) is 11.7. The molecule has 0 amide bonds. The van der Waals surface area contributed by atoms with E-state index >= 15 is 0 Å². The molecule has 0 aromatic carbocycles. The first kappa shape index (κ1) is 17.8. The van der Waals surface area contributed by atoms with E-state index in [0.717, 1.165) is 19.7 Å². The predicted molar refractivity (Wildman–Crippen MR) is 56.4 cm³/mol. The second-order valence-electron chi connectivity index (χ2n) is 3.55. The molecule has 0 atom stereocenters. The van der Waals surface area contributed by atoms with Gasteiger partial charge in [-0.2, -0.15) is 0 Å². The van der Waals surface area contributed by atoms with Crippen LogP contribution in [0.5, 0.6) is 0 Å². The largest absolute Gasteiger partial charge is 0.394 e. The molecule has 2 N–H and O–H groups in total. The van der Waals surface area contributed by atoms with Crippen molar-refractivity contribution in [1.29, 1.82) is 0 Å². The molecule has 0 unspecified atom stereocenters. The van der Waals surface area contributed by atoms with Gasteiger partial charge in [-0.3, -0.25) is 0 Å². The molecule has 0 bridgehead atoms. The van der Waals surface area contributed by atoms with Crippen LogP contribution in [-0.4, -0.2) is 51.2 Å². The first-order valence-corrected chi connectivity index (χ1v) is 5.24. The average molecular weight is 256 g/mol. The van der Waals surface area contributed by atoms with Crippen LogP contribution in [-0.2, 0) is 28.0 Å². The van der Waals surface area contributed by atoms with Crippen molar-refractivity contribution in [2.24, 2.45) is 5.92 Å². The van der Waals surface area contributed by atoms with Crippen LogP contribution in [0, 0.1) is 5.92 Å². The molecule has 0 fully saturated rings. The zero-order chi connectivity index (χ0) is 10.6. The first-order valence-electron chi connectivity index (χ1n) is 5.24. The van der Waals surface area contributed by atoms with Crippen molar-refractivity contribution in [2.75, 3.05) is 46.1 Å². The number of ether oxygens (including phenoxy) is 2. The molecular formula is C10H23NO3V. The summed E-state index contributed by atoms with van der Waals surface area (Å²) in [4.78, 5) is 0. The molecule has 0 saturated carbocycles. The molecule has 0 saturated heterocycles. The summed E-state index contributed by atoms with van der Waals surface area (Å²) in [5.41, 5.74) is 0. The summed E-state index contributed by atoms with van der Waals surface area (Å²) < 4.78 is 10.3. The van der Waals surface area contributed by atoms with Crippen molar-refractivity contribution < 1.29 is 33.1 Å². The number of nitrogens with one attached hydrogen (secondary N) is 1. The van der Waals surface area contributed by atoms with E-state index in [4.69, 9.17) is 14.6 Å². The maximum atomic E-state index is 8.42. The third-order valence-corrected chi connectivity index (χ3v) is 1.58. The maximum absolute atomic E-state index is 8.42. The van der Waals surface area contributed by atoms with Crippen LogP contribution >= 0.6 is 0 Å². The first-order chi connectivity index (χ1) is 6.77. The Morgan fingerprint density at radius 3 is 2.20 bits per heavy atom. The summed E-state index contributed by atoms with van der Waals surface area (Å²) >= 11 is 0. The molecular weight excluding hydrogens is 233 g/mol. The van der Waals surface area contributed by atoms with Gasteiger partial charge < -0.3 is 19.9 Å². The molecule has 0 heterocycles. The molecule has 0 aliphatic rings. The second-order valence-corrected chi connectivity index (χ2v) is 3.55. The Bertz CT molecular complexity index is 115. The van der Waals surface area contributed by atoms with Gasteiger partial charge in [0.15, 0.2) is 0 Å². The minimum Gasteiger partial charge on any atom is -0.394 e. The van der Waals surface area contributed by atoms with Crippen LogP contribution in [0.25, 0.3) is 0 Å². The molecule has 5 heteroatoms. The van der Waals surface area contributed by atoms with Gasteiger partial charge in [-0.25, -0.2) is 0 Å². The fourth-order valence-corrected chi connectivity index (χ4v) is 0.922. The fraction of sp³-hybridized carbons (Fsp3) is 1.00. The van der Waals surface area contributed by atoms with Crippen molar-refractivity contribution in [2.45, 2.75) is 13.8 Å². The maximum Gasteiger partial charge on any atom is 0.0701 e. The van der Waals surface area contributed by atoms with Crippen LogP contribution in [0.2, 0.25) is 0 Å². The molecule has 15 heavy (non-hydrogen) atoms. The Morgan fingerprint density at radius 2 is 1.67 bits per heavy atom. The third-order valence-electron chi connectivity index (χ3n) is 1.58. The van der Waals surface area contributed by atoms with Gasteiger partial charge in [-0.1, -0.05) is 13.8 Å². The van der Waals surface area contributed by atoms with Gasteiger partial charge in [0.25, 0.3) is 0 Å². The van der Waals surface area contributed by atoms with E-state index in [2.05, 4.69) is 19.2 Å². The molecule has 0 aromatic rings. The Kier molecular flexibility index (Phi) is 17.1. The SMILES string of the molecule is CC(C)CNCCOCCOCCO.[V]. The Morgan fingerprint density at radius 1 is 1.07 bits per heavy atom. The van der Waals surface area contributed by atoms with Crippen LogP contribution < -0.4 is 5.32 Å². The van der Waals surface area contributed by atoms with Gasteiger partial charge in [0.2, 0.25) is 0 Å². The van der Waals surface area contributed by atoms with E-state index in [-0.39, 0.29) is 25.2 Å². The zero-order valence-corrected chi connectivity index (χ0v) is 11.1. The van der Waals surface area contributed by atoms with Crippen molar-refractivity contribution in [3.8, 4) is 0 Å². The molecule has 4 nitrogen and oxygen atoms in total. The normalized spacial score (nSPS) is 10.4. The standard InChI is InChI=1S/C10H23NO3.V/c1-10(2)9-11-3-5-13-7-8-14-6-4-12;/h10-12H,3-9H2,1-2H3;. The monoisotopic (exact) mass is 256 g/mol. The Labute approximate surface area is 105 Å². The summed E-state index contributed by atoms with van der Waals surface area (Å²) in [7, 11) is 0.